The third-order valence-electron chi connectivity index (χ3n) is 2.67. The molecule has 0 amide bonds. The molecule has 0 fully saturated rings. The molecule has 0 heterocycles. The van der Waals surface area contributed by atoms with Gasteiger partial charge in [-0.3, -0.25) is 0 Å². The van der Waals surface area contributed by atoms with Crippen LogP contribution in [0.15, 0.2) is 24.3 Å². The maximum atomic E-state index is 12.3. The van der Waals surface area contributed by atoms with Gasteiger partial charge in [0.05, 0.1) is 5.60 Å². The Morgan fingerprint density at radius 1 is 1.25 bits per heavy atom. The summed E-state index contributed by atoms with van der Waals surface area (Å²) < 4.78 is 24.5. The molecule has 0 saturated heterocycles. The first-order chi connectivity index (χ1) is 7.45. The maximum Gasteiger partial charge on any atom is 0.241 e. The second-order valence-electron chi connectivity index (χ2n) is 4.32. The van der Waals surface area contributed by atoms with Gasteiger partial charge in [-0.1, -0.05) is 37.6 Å². The van der Waals surface area contributed by atoms with E-state index in [4.69, 9.17) is 0 Å². The van der Waals surface area contributed by atoms with Crippen molar-refractivity contribution in [2.45, 2.75) is 45.1 Å². The highest BCUT2D eigenvalue weighted by Gasteiger charge is 2.27. The SMILES string of the molecule is CCCc1ccc(C(C)(O)CC(F)F)cc1. The van der Waals surface area contributed by atoms with Crippen LogP contribution >= 0.6 is 0 Å². The van der Waals surface area contributed by atoms with Gasteiger partial charge in [0.2, 0.25) is 6.43 Å². The fourth-order valence-electron chi connectivity index (χ4n) is 1.74. The van der Waals surface area contributed by atoms with E-state index >= 15 is 0 Å². The van der Waals surface area contributed by atoms with Crippen LogP contribution in [0.1, 0.15) is 37.8 Å². The summed E-state index contributed by atoms with van der Waals surface area (Å²) in [6.45, 7) is 3.51. The summed E-state index contributed by atoms with van der Waals surface area (Å²) in [7, 11) is 0. The van der Waals surface area contributed by atoms with E-state index in [9.17, 15) is 13.9 Å². The Morgan fingerprint density at radius 3 is 2.25 bits per heavy atom. The quantitative estimate of drug-likeness (QED) is 0.817. The summed E-state index contributed by atoms with van der Waals surface area (Å²) in [6.07, 6.45) is -1.00. The van der Waals surface area contributed by atoms with Crippen LogP contribution in [0.2, 0.25) is 0 Å². The normalized spacial score (nSPS) is 15.1. The van der Waals surface area contributed by atoms with Gasteiger partial charge in [-0.15, -0.1) is 0 Å². The molecule has 3 heteroatoms. The number of aliphatic hydroxyl groups is 1. The Morgan fingerprint density at radius 2 is 1.81 bits per heavy atom. The zero-order valence-electron chi connectivity index (χ0n) is 9.71. The van der Waals surface area contributed by atoms with E-state index in [0.29, 0.717) is 5.56 Å². The standard InChI is InChI=1S/C13H18F2O/c1-3-4-10-5-7-11(8-6-10)13(2,16)9-12(14)15/h5-8,12,16H,3-4,9H2,1-2H3. The fourth-order valence-corrected chi connectivity index (χ4v) is 1.74. The van der Waals surface area contributed by atoms with Crippen LogP contribution < -0.4 is 0 Å². The molecule has 1 unspecified atom stereocenters. The minimum Gasteiger partial charge on any atom is -0.385 e. The van der Waals surface area contributed by atoms with Crippen LogP contribution in [0, 0.1) is 0 Å². The molecule has 0 bridgehead atoms. The molecular weight excluding hydrogens is 210 g/mol. The summed E-state index contributed by atoms with van der Waals surface area (Å²) in [5, 5.41) is 9.90. The number of hydrogen-bond donors (Lipinski definition) is 1. The Hall–Kier alpha value is -0.960. The Bertz CT molecular complexity index is 317. The highest BCUT2D eigenvalue weighted by Crippen LogP contribution is 2.27. The predicted molar refractivity (Wildman–Crippen MR) is 60.6 cm³/mol. The van der Waals surface area contributed by atoms with Crippen molar-refractivity contribution in [1.29, 1.82) is 0 Å². The zero-order chi connectivity index (χ0) is 12.2. The average molecular weight is 228 g/mol. The molecule has 1 aromatic rings. The van der Waals surface area contributed by atoms with Crippen LogP contribution in [0.5, 0.6) is 0 Å². The predicted octanol–water partition coefficient (Wildman–Crippen LogP) is 3.50. The summed E-state index contributed by atoms with van der Waals surface area (Å²) in [4.78, 5) is 0. The van der Waals surface area contributed by atoms with E-state index < -0.39 is 18.4 Å². The molecule has 1 aromatic carbocycles. The molecule has 0 aliphatic carbocycles. The summed E-state index contributed by atoms with van der Waals surface area (Å²) in [5.41, 5.74) is 0.269. The largest absolute Gasteiger partial charge is 0.385 e. The first kappa shape index (κ1) is 13.1. The molecule has 1 N–H and O–H groups in total. The number of hydrogen-bond acceptors (Lipinski definition) is 1. The molecule has 0 radical (unpaired) electrons. The van der Waals surface area contributed by atoms with Crippen molar-refractivity contribution in [3.8, 4) is 0 Å². The van der Waals surface area contributed by atoms with Crippen LogP contribution in [-0.2, 0) is 12.0 Å². The summed E-state index contributed by atoms with van der Waals surface area (Å²) >= 11 is 0. The summed E-state index contributed by atoms with van der Waals surface area (Å²) in [6, 6.07) is 7.23. The summed E-state index contributed by atoms with van der Waals surface area (Å²) in [5.74, 6) is 0. The van der Waals surface area contributed by atoms with E-state index in [1.54, 1.807) is 12.1 Å². The third-order valence-corrected chi connectivity index (χ3v) is 2.67. The molecule has 0 aliphatic heterocycles. The van der Waals surface area contributed by atoms with Crippen LogP contribution in [-0.4, -0.2) is 11.5 Å². The van der Waals surface area contributed by atoms with Crippen molar-refractivity contribution in [2.75, 3.05) is 0 Å². The van der Waals surface area contributed by atoms with Crippen molar-refractivity contribution >= 4 is 0 Å². The Balaban J connectivity index is 2.79. The lowest BCUT2D eigenvalue weighted by molar-refractivity contribution is -0.0124. The van der Waals surface area contributed by atoms with E-state index in [0.717, 1.165) is 12.8 Å². The van der Waals surface area contributed by atoms with Crippen LogP contribution in [0.4, 0.5) is 8.78 Å². The van der Waals surface area contributed by atoms with E-state index in [2.05, 4.69) is 6.92 Å². The number of halogens is 2. The van der Waals surface area contributed by atoms with Gasteiger partial charge in [0.1, 0.15) is 0 Å². The molecule has 0 saturated carbocycles. The molecule has 1 rings (SSSR count). The molecular formula is C13H18F2O. The van der Waals surface area contributed by atoms with Gasteiger partial charge in [-0.05, 0) is 24.5 Å². The van der Waals surface area contributed by atoms with Gasteiger partial charge in [-0.2, -0.15) is 0 Å². The highest BCUT2D eigenvalue weighted by atomic mass is 19.3. The molecule has 0 aliphatic rings. The average Bonchev–Trinajstić information content (AvgIpc) is 2.17. The number of aryl methyl sites for hydroxylation is 1. The molecule has 0 spiro atoms. The monoisotopic (exact) mass is 228 g/mol. The van der Waals surface area contributed by atoms with Crippen molar-refractivity contribution in [3.63, 3.8) is 0 Å². The van der Waals surface area contributed by atoms with Gasteiger partial charge in [0.25, 0.3) is 0 Å². The minimum absolute atomic E-state index is 0.528. The topological polar surface area (TPSA) is 20.2 Å². The highest BCUT2D eigenvalue weighted by molar-refractivity contribution is 5.26. The smallest absolute Gasteiger partial charge is 0.241 e. The van der Waals surface area contributed by atoms with Crippen molar-refractivity contribution in [2.24, 2.45) is 0 Å². The van der Waals surface area contributed by atoms with Crippen molar-refractivity contribution in [3.05, 3.63) is 35.4 Å². The number of alkyl halides is 2. The lowest BCUT2D eigenvalue weighted by Crippen LogP contribution is -2.24. The third kappa shape index (κ3) is 3.56. The first-order valence-electron chi connectivity index (χ1n) is 5.55. The van der Waals surface area contributed by atoms with Crippen LogP contribution in [0.25, 0.3) is 0 Å². The molecule has 1 nitrogen and oxygen atoms in total. The Kier molecular flexibility index (Phi) is 4.42. The molecule has 0 aromatic heterocycles. The molecule has 1 atom stereocenters. The minimum atomic E-state index is -2.50. The molecule has 90 valence electrons. The van der Waals surface area contributed by atoms with Gasteiger partial charge in [0, 0.05) is 6.42 Å². The van der Waals surface area contributed by atoms with Crippen molar-refractivity contribution < 1.29 is 13.9 Å². The zero-order valence-corrected chi connectivity index (χ0v) is 9.71. The van der Waals surface area contributed by atoms with E-state index in [-0.39, 0.29) is 0 Å². The fraction of sp³-hybridized carbons (Fsp3) is 0.538. The molecule has 16 heavy (non-hydrogen) atoms. The van der Waals surface area contributed by atoms with Gasteiger partial charge >= 0.3 is 0 Å². The number of benzene rings is 1. The lowest BCUT2D eigenvalue weighted by atomic mass is 9.91. The second kappa shape index (κ2) is 5.39. The lowest BCUT2D eigenvalue weighted by Gasteiger charge is -2.23. The number of rotatable bonds is 5. The van der Waals surface area contributed by atoms with E-state index in [1.807, 2.05) is 12.1 Å². The van der Waals surface area contributed by atoms with Gasteiger partial charge < -0.3 is 5.11 Å². The Labute approximate surface area is 95.1 Å². The van der Waals surface area contributed by atoms with E-state index in [1.165, 1.54) is 12.5 Å². The van der Waals surface area contributed by atoms with Crippen molar-refractivity contribution in [1.82, 2.24) is 0 Å². The second-order valence-corrected chi connectivity index (χ2v) is 4.32. The maximum absolute atomic E-state index is 12.3. The van der Waals surface area contributed by atoms with Crippen LogP contribution in [0.3, 0.4) is 0 Å². The van der Waals surface area contributed by atoms with Gasteiger partial charge in [-0.25, -0.2) is 8.78 Å². The first-order valence-corrected chi connectivity index (χ1v) is 5.55. The van der Waals surface area contributed by atoms with Gasteiger partial charge in [0.15, 0.2) is 0 Å².